The van der Waals surface area contributed by atoms with Gasteiger partial charge in [-0.1, -0.05) is 30.3 Å². The normalized spacial score (nSPS) is 13.2. The molecular formula is C20H16N4O4. The van der Waals surface area contributed by atoms with E-state index in [1.165, 1.54) is 30.0 Å². The summed E-state index contributed by atoms with van der Waals surface area (Å²) in [5.74, 6) is 0.0934. The zero-order chi connectivity index (χ0) is 19.7. The van der Waals surface area contributed by atoms with Gasteiger partial charge in [-0.3, -0.25) is 14.2 Å². The molecular weight excluding hydrogens is 360 g/mol. The van der Waals surface area contributed by atoms with Gasteiger partial charge in [-0.15, -0.1) is 0 Å². The Kier molecular flexibility index (Phi) is 4.36. The third kappa shape index (κ3) is 3.11. The van der Waals surface area contributed by atoms with Gasteiger partial charge in [0.2, 0.25) is 5.95 Å². The third-order valence-corrected chi connectivity index (χ3v) is 4.30. The fraction of sp³-hybridized carbons (Fsp3) is 0.100. The van der Waals surface area contributed by atoms with Crippen LogP contribution in [0.25, 0.3) is 11.3 Å². The van der Waals surface area contributed by atoms with E-state index in [1.54, 1.807) is 12.1 Å². The van der Waals surface area contributed by atoms with Crippen molar-refractivity contribution in [2.24, 2.45) is 5.10 Å². The van der Waals surface area contributed by atoms with Crippen LogP contribution in [0.15, 0.2) is 64.5 Å². The second kappa shape index (κ2) is 6.99. The molecule has 0 radical (unpaired) electrons. The van der Waals surface area contributed by atoms with Crippen molar-refractivity contribution in [2.75, 3.05) is 12.1 Å². The molecule has 140 valence electrons. The number of ether oxygens (including phenoxy) is 1. The fourth-order valence-electron chi connectivity index (χ4n) is 2.89. The molecule has 1 amide bonds. The highest BCUT2D eigenvalue weighted by Crippen LogP contribution is 2.26. The number of phenolic OH excluding ortho intramolecular Hbond substituents is 1. The number of phenols is 1. The number of amides is 1. The molecule has 8 nitrogen and oxygen atoms in total. The number of benzene rings is 2. The molecule has 1 aliphatic rings. The van der Waals surface area contributed by atoms with Crippen LogP contribution in [0.4, 0.5) is 5.95 Å². The Morgan fingerprint density at radius 2 is 1.93 bits per heavy atom. The number of methoxy groups -OCH3 is 1. The summed E-state index contributed by atoms with van der Waals surface area (Å²) in [5, 5.41) is 15.0. The van der Waals surface area contributed by atoms with Crippen molar-refractivity contribution in [3.8, 4) is 22.8 Å². The smallest absolute Gasteiger partial charge is 0.270 e. The average molecular weight is 376 g/mol. The van der Waals surface area contributed by atoms with E-state index < -0.39 is 0 Å². The number of fused-ring (bicyclic) bond motifs is 1. The van der Waals surface area contributed by atoms with E-state index in [1.807, 2.05) is 30.3 Å². The van der Waals surface area contributed by atoms with Crippen LogP contribution in [-0.4, -0.2) is 33.9 Å². The number of hydrogen-bond acceptors (Lipinski definition) is 6. The lowest BCUT2D eigenvalue weighted by Gasteiger charge is -2.10. The van der Waals surface area contributed by atoms with Crippen LogP contribution in [-0.2, 0) is 11.3 Å². The Bertz CT molecular complexity index is 1140. The van der Waals surface area contributed by atoms with Gasteiger partial charge < -0.3 is 9.84 Å². The topological polar surface area (TPSA) is 97.0 Å². The number of hydrazone groups is 1. The number of aromatic nitrogens is 2. The first kappa shape index (κ1) is 17.5. The molecule has 0 atom stereocenters. The zero-order valence-corrected chi connectivity index (χ0v) is 14.9. The molecule has 0 unspecified atom stereocenters. The van der Waals surface area contributed by atoms with Gasteiger partial charge in [0.25, 0.3) is 11.5 Å². The van der Waals surface area contributed by atoms with E-state index in [9.17, 15) is 14.7 Å². The predicted molar refractivity (Wildman–Crippen MR) is 104 cm³/mol. The van der Waals surface area contributed by atoms with E-state index in [2.05, 4.69) is 10.1 Å². The molecule has 28 heavy (non-hydrogen) atoms. The van der Waals surface area contributed by atoms with Crippen molar-refractivity contribution in [2.45, 2.75) is 6.54 Å². The van der Waals surface area contributed by atoms with Crippen molar-refractivity contribution < 1.29 is 14.6 Å². The number of nitrogens with zero attached hydrogens (tertiary/aromatic N) is 4. The predicted octanol–water partition coefficient (Wildman–Crippen LogP) is 2.01. The molecule has 0 saturated carbocycles. The molecule has 1 N–H and O–H groups in total. The van der Waals surface area contributed by atoms with Crippen LogP contribution in [0, 0.1) is 0 Å². The van der Waals surface area contributed by atoms with Gasteiger partial charge in [0.1, 0.15) is 6.54 Å². The maximum Gasteiger partial charge on any atom is 0.270 e. The number of anilines is 1. The Hall–Kier alpha value is -3.94. The van der Waals surface area contributed by atoms with Gasteiger partial charge in [0, 0.05) is 11.6 Å². The summed E-state index contributed by atoms with van der Waals surface area (Å²) in [5.41, 5.74) is 1.54. The maximum atomic E-state index is 12.4. The number of carbonyl (C=O) groups is 1. The summed E-state index contributed by atoms with van der Waals surface area (Å²) in [4.78, 5) is 29.3. The quantitative estimate of drug-likeness (QED) is 0.703. The summed E-state index contributed by atoms with van der Waals surface area (Å²) < 4.78 is 6.35. The van der Waals surface area contributed by atoms with Crippen molar-refractivity contribution >= 4 is 18.1 Å². The first-order valence-corrected chi connectivity index (χ1v) is 8.48. The van der Waals surface area contributed by atoms with E-state index in [-0.39, 0.29) is 35.5 Å². The second-order valence-corrected chi connectivity index (χ2v) is 6.11. The summed E-state index contributed by atoms with van der Waals surface area (Å²) >= 11 is 0. The summed E-state index contributed by atoms with van der Waals surface area (Å²) in [6.45, 7) is -0.119. The van der Waals surface area contributed by atoms with Gasteiger partial charge in [-0.2, -0.15) is 10.1 Å². The van der Waals surface area contributed by atoms with Crippen molar-refractivity contribution in [1.82, 2.24) is 9.55 Å². The van der Waals surface area contributed by atoms with Gasteiger partial charge >= 0.3 is 0 Å². The standard InChI is InChI=1S/C20H16N4O4/c1-28-17-9-13(7-8-16(17)25)11-21-24-19(27)12-23-18(26)10-15(22-20(23)24)14-5-3-2-4-6-14/h2-11,25H,12H2,1H3/b21-11+. The molecule has 0 fully saturated rings. The third-order valence-electron chi connectivity index (χ3n) is 4.30. The van der Waals surface area contributed by atoms with Crippen LogP contribution in [0.5, 0.6) is 11.5 Å². The van der Waals surface area contributed by atoms with E-state index in [0.717, 1.165) is 10.6 Å². The second-order valence-electron chi connectivity index (χ2n) is 6.11. The maximum absolute atomic E-state index is 12.4. The first-order valence-electron chi connectivity index (χ1n) is 8.48. The van der Waals surface area contributed by atoms with Gasteiger partial charge in [0.15, 0.2) is 11.5 Å². The largest absolute Gasteiger partial charge is 0.504 e. The molecule has 0 saturated heterocycles. The summed E-state index contributed by atoms with van der Waals surface area (Å²) in [7, 11) is 1.44. The fourth-order valence-corrected chi connectivity index (χ4v) is 2.89. The molecule has 0 aliphatic carbocycles. The van der Waals surface area contributed by atoms with E-state index in [4.69, 9.17) is 4.74 Å². The SMILES string of the molecule is COc1cc(/C=N/N2C(=O)Cn3c2nc(-c2ccccc2)cc3=O)ccc1O. The lowest BCUT2D eigenvalue weighted by Crippen LogP contribution is -2.21. The van der Waals surface area contributed by atoms with Crippen molar-refractivity contribution in [3.63, 3.8) is 0 Å². The minimum Gasteiger partial charge on any atom is -0.504 e. The lowest BCUT2D eigenvalue weighted by molar-refractivity contribution is -0.118. The van der Waals surface area contributed by atoms with Crippen LogP contribution in [0.2, 0.25) is 0 Å². The molecule has 2 heterocycles. The minimum absolute atomic E-state index is 0.00275. The summed E-state index contributed by atoms with van der Waals surface area (Å²) in [6.07, 6.45) is 1.44. The molecule has 4 rings (SSSR count). The highest BCUT2D eigenvalue weighted by molar-refractivity contribution is 5.96. The number of carbonyl (C=O) groups excluding carboxylic acids is 1. The highest BCUT2D eigenvalue weighted by atomic mass is 16.5. The van der Waals surface area contributed by atoms with E-state index >= 15 is 0 Å². The highest BCUT2D eigenvalue weighted by Gasteiger charge is 2.30. The molecule has 2 aromatic carbocycles. The van der Waals surface area contributed by atoms with Gasteiger partial charge in [0.05, 0.1) is 19.0 Å². The Morgan fingerprint density at radius 3 is 2.68 bits per heavy atom. The Labute approximate surface area is 160 Å². The van der Waals surface area contributed by atoms with Crippen LogP contribution < -0.4 is 15.3 Å². The average Bonchev–Trinajstić information content (AvgIpc) is 3.04. The molecule has 0 spiro atoms. The Balaban J connectivity index is 1.72. The number of hydrogen-bond donors (Lipinski definition) is 1. The molecule has 8 heteroatoms. The number of aromatic hydroxyl groups is 1. The van der Waals surface area contributed by atoms with Crippen molar-refractivity contribution in [1.29, 1.82) is 0 Å². The minimum atomic E-state index is -0.364. The van der Waals surface area contributed by atoms with Crippen LogP contribution >= 0.6 is 0 Å². The van der Waals surface area contributed by atoms with E-state index in [0.29, 0.717) is 11.3 Å². The number of rotatable bonds is 4. The lowest BCUT2D eigenvalue weighted by atomic mass is 10.1. The van der Waals surface area contributed by atoms with Gasteiger partial charge in [-0.25, -0.2) is 4.98 Å². The molecule has 1 aromatic heterocycles. The Morgan fingerprint density at radius 1 is 1.14 bits per heavy atom. The summed E-state index contributed by atoms with van der Waals surface area (Å²) in [6, 6.07) is 15.3. The molecule has 3 aromatic rings. The molecule has 0 bridgehead atoms. The zero-order valence-electron chi connectivity index (χ0n) is 14.9. The van der Waals surface area contributed by atoms with Crippen molar-refractivity contribution in [3.05, 3.63) is 70.5 Å². The monoisotopic (exact) mass is 376 g/mol. The van der Waals surface area contributed by atoms with Gasteiger partial charge in [-0.05, 0) is 23.8 Å². The first-order chi connectivity index (χ1) is 13.6. The molecule has 1 aliphatic heterocycles. The van der Waals surface area contributed by atoms with Crippen LogP contribution in [0.1, 0.15) is 5.56 Å². The van der Waals surface area contributed by atoms with Crippen LogP contribution in [0.3, 0.4) is 0 Å².